The van der Waals surface area contributed by atoms with Gasteiger partial charge in [0.1, 0.15) is 0 Å². The van der Waals surface area contributed by atoms with E-state index in [1.807, 2.05) is 12.1 Å². The highest BCUT2D eigenvalue weighted by Gasteiger charge is 2.44. The van der Waals surface area contributed by atoms with Crippen LogP contribution in [0.25, 0.3) is 0 Å². The van der Waals surface area contributed by atoms with E-state index >= 15 is 0 Å². The lowest BCUT2D eigenvalue weighted by atomic mass is 10.1. The summed E-state index contributed by atoms with van der Waals surface area (Å²) in [5, 5.41) is 9.08. The molecule has 2 unspecified atom stereocenters. The molecule has 3 heteroatoms. The zero-order chi connectivity index (χ0) is 11.1. The number of hydrogen-bond donors (Lipinski definition) is 1. The quantitative estimate of drug-likeness (QED) is 0.839. The van der Waals surface area contributed by atoms with Crippen LogP contribution >= 0.6 is 0 Å². The Morgan fingerprint density at radius 2 is 2.00 bits per heavy atom. The van der Waals surface area contributed by atoms with Gasteiger partial charge < -0.3 is 5.11 Å². The number of nitrogens with zero attached hydrogens (tertiary/aromatic N) is 1. The fourth-order valence-corrected chi connectivity index (χ4v) is 2.73. The van der Waals surface area contributed by atoms with Gasteiger partial charge in [-0.3, -0.25) is 4.90 Å². The molecule has 1 saturated carbocycles. The van der Waals surface area contributed by atoms with Crippen molar-refractivity contribution in [2.45, 2.75) is 13.0 Å². The van der Waals surface area contributed by atoms with Crippen LogP contribution in [-0.2, 0) is 6.54 Å². The smallest absolute Gasteiger partial charge is 0.336 e. The minimum Gasteiger partial charge on any atom is -0.478 e. The molecule has 2 aliphatic rings. The summed E-state index contributed by atoms with van der Waals surface area (Å²) in [6, 6.07) is 7.31. The summed E-state index contributed by atoms with van der Waals surface area (Å²) in [5.74, 6) is 0.980. The van der Waals surface area contributed by atoms with Crippen LogP contribution < -0.4 is 0 Å². The van der Waals surface area contributed by atoms with E-state index in [0.29, 0.717) is 5.56 Å². The molecule has 16 heavy (non-hydrogen) atoms. The number of fused-ring (bicyclic) bond motifs is 1. The minimum atomic E-state index is -0.819. The highest BCUT2D eigenvalue weighted by molar-refractivity contribution is 5.89. The van der Waals surface area contributed by atoms with Gasteiger partial charge in [-0.25, -0.2) is 4.79 Å². The Hall–Kier alpha value is -1.35. The Bertz CT molecular complexity index is 420. The third kappa shape index (κ3) is 1.71. The second-order valence-electron chi connectivity index (χ2n) is 4.91. The van der Waals surface area contributed by atoms with E-state index in [0.717, 1.165) is 37.0 Å². The van der Waals surface area contributed by atoms with Crippen molar-refractivity contribution in [1.29, 1.82) is 0 Å². The van der Waals surface area contributed by atoms with Crippen molar-refractivity contribution < 1.29 is 9.90 Å². The third-order valence-corrected chi connectivity index (χ3v) is 3.70. The standard InChI is InChI=1S/C13H15NO2/c15-13(16)12-4-2-1-3-9(12)6-14-7-10-5-11(10)8-14/h1-4,10-11H,5-8H2,(H,15,16). The molecule has 1 saturated heterocycles. The van der Waals surface area contributed by atoms with E-state index in [9.17, 15) is 4.79 Å². The zero-order valence-electron chi connectivity index (χ0n) is 9.10. The van der Waals surface area contributed by atoms with Crippen LogP contribution in [0, 0.1) is 11.8 Å². The minimum absolute atomic E-state index is 0.447. The molecule has 2 fully saturated rings. The van der Waals surface area contributed by atoms with Gasteiger partial charge in [-0.05, 0) is 29.9 Å². The van der Waals surface area contributed by atoms with E-state index in [4.69, 9.17) is 5.11 Å². The molecule has 1 heterocycles. The van der Waals surface area contributed by atoms with Crippen LogP contribution in [0.1, 0.15) is 22.3 Å². The summed E-state index contributed by atoms with van der Waals surface area (Å²) >= 11 is 0. The molecule has 1 aliphatic heterocycles. The van der Waals surface area contributed by atoms with Crippen molar-refractivity contribution in [2.24, 2.45) is 11.8 Å². The van der Waals surface area contributed by atoms with Crippen molar-refractivity contribution >= 4 is 5.97 Å². The molecule has 84 valence electrons. The molecule has 3 nitrogen and oxygen atoms in total. The fraction of sp³-hybridized carbons (Fsp3) is 0.462. The predicted octanol–water partition coefficient (Wildman–Crippen LogP) is 1.84. The van der Waals surface area contributed by atoms with Gasteiger partial charge in [0.05, 0.1) is 5.56 Å². The summed E-state index contributed by atoms with van der Waals surface area (Å²) in [6.07, 6.45) is 1.39. The fourth-order valence-electron chi connectivity index (χ4n) is 2.73. The second-order valence-corrected chi connectivity index (χ2v) is 4.91. The van der Waals surface area contributed by atoms with Crippen LogP contribution in [0.5, 0.6) is 0 Å². The first-order chi connectivity index (χ1) is 7.74. The van der Waals surface area contributed by atoms with E-state index in [1.54, 1.807) is 12.1 Å². The molecule has 0 amide bonds. The van der Waals surface area contributed by atoms with Crippen molar-refractivity contribution in [3.05, 3.63) is 35.4 Å². The van der Waals surface area contributed by atoms with Gasteiger partial charge in [0.2, 0.25) is 0 Å². The van der Waals surface area contributed by atoms with Crippen LogP contribution in [0.15, 0.2) is 24.3 Å². The second kappa shape index (κ2) is 3.59. The molecular weight excluding hydrogens is 202 g/mol. The lowest BCUT2D eigenvalue weighted by molar-refractivity contribution is 0.0694. The average Bonchev–Trinajstić information content (AvgIpc) is 2.87. The van der Waals surface area contributed by atoms with Gasteiger partial charge in [-0.2, -0.15) is 0 Å². The Morgan fingerprint density at radius 3 is 2.69 bits per heavy atom. The first-order valence-electron chi connectivity index (χ1n) is 5.77. The number of rotatable bonds is 3. The number of hydrogen-bond acceptors (Lipinski definition) is 2. The monoisotopic (exact) mass is 217 g/mol. The molecule has 0 spiro atoms. The van der Waals surface area contributed by atoms with Crippen LogP contribution in [-0.4, -0.2) is 29.1 Å². The molecule has 0 radical (unpaired) electrons. The van der Waals surface area contributed by atoms with Crippen molar-refractivity contribution in [2.75, 3.05) is 13.1 Å². The molecule has 0 aromatic heterocycles. The number of carbonyl (C=O) groups is 1. The molecule has 2 atom stereocenters. The number of carboxylic acids is 1. The number of piperidine rings is 1. The number of likely N-dealkylation sites (tertiary alicyclic amines) is 1. The Balaban J connectivity index is 1.75. The normalized spacial score (nSPS) is 27.8. The van der Waals surface area contributed by atoms with Gasteiger partial charge in [-0.15, -0.1) is 0 Å². The predicted molar refractivity (Wildman–Crippen MR) is 60.3 cm³/mol. The summed E-state index contributed by atoms with van der Waals surface area (Å²) < 4.78 is 0. The summed E-state index contributed by atoms with van der Waals surface area (Å²) in [6.45, 7) is 3.09. The van der Waals surface area contributed by atoms with Crippen molar-refractivity contribution in [1.82, 2.24) is 4.90 Å². The third-order valence-electron chi connectivity index (χ3n) is 3.70. The van der Waals surface area contributed by atoms with Crippen LogP contribution in [0.2, 0.25) is 0 Å². The molecule has 1 aromatic rings. The topological polar surface area (TPSA) is 40.5 Å². The Labute approximate surface area is 94.7 Å². The number of benzene rings is 1. The largest absolute Gasteiger partial charge is 0.478 e. The van der Waals surface area contributed by atoms with Crippen molar-refractivity contribution in [3.8, 4) is 0 Å². The van der Waals surface area contributed by atoms with E-state index in [-0.39, 0.29) is 0 Å². The molecular formula is C13H15NO2. The first-order valence-corrected chi connectivity index (χ1v) is 5.77. The Morgan fingerprint density at radius 1 is 1.31 bits per heavy atom. The number of carboxylic acid groups (broad SMARTS) is 1. The van der Waals surface area contributed by atoms with Gasteiger partial charge in [0.25, 0.3) is 0 Å². The maximum absolute atomic E-state index is 11.1. The maximum Gasteiger partial charge on any atom is 0.336 e. The summed E-state index contributed by atoms with van der Waals surface area (Å²) in [4.78, 5) is 13.4. The van der Waals surface area contributed by atoms with Crippen molar-refractivity contribution in [3.63, 3.8) is 0 Å². The highest BCUT2D eigenvalue weighted by Crippen LogP contribution is 2.45. The molecule has 1 N–H and O–H groups in total. The van der Waals surface area contributed by atoms with Crippen LogP contribution in [0.3, 0.4) is 0 Å². The lowest BCUT2D eigenvalue weighted by Gasteiger charge is -2.18. The lowest BCUT2D eigenvalue weighted by Crippen LogP contribution is -2.23. The molecule has 3 rings (SSSR count). The van der Waals surface area contributed by atoms with Gasteiger partial charge in [0, 0.05) is 19.6 Å². The van der Waals surface area contributed by atoms with E-state index in [2.05, 4.69) is 4.90 Å². The SMILES string of the molecule is O=C(O)c1ccccc1CN1CC2CC2C1. The van der Waals surface area contributed by atoms with Gasteiger partial charge in [-0.1, -0.05) is 18.2 Å². The molecule has 0 bridgehead atoms. The highest BCUT2D eigenvalue weighted by atomic mass is 16.4. The Kier molecular flexibility index (Phi) is 2.21. The average molecular weight is 217 g/mol. The summed E-state index contributed by atoms with van der Waals surface area (Å²) in [5.41, 5.74) is 1.39. The first kappa shape index (κ1) is 9.85. The maximum atomic E-state index is 11.1. The van der Waals surface area contributed by atoms with Gasteiger partial charge >= 0.3 is 5.97 Å². The number of aromatic carboxylic acids is 1. The van der Waals surface area contributed by atoms with Crippen LogP contribution in [0.4, 0.5) is 0 Å². The summed E-state index contributed by atoms with van der Waals surface area (Å²) in [7, 11) is 0. The van der Waals surface area contributed by atoms with Gasteiger partial charge in [0.15, 0.2) is 0 Å². The van der Waals surface area contributed by atoms with E-state index in [1.165, 1.54) is 6.42 Å². The van der Waals surface area contributed by atoms with E-state index < -0.39 is 5.97 Å². The molecule has 1 aliphatic carbocycles. The zero-order valence-corrected chi connectivity index (χ0v) is 9.10. The molecule has 1 aromatic carbocycles.